The number of oxazole rings is 1. The molecule has 1 aromatic heterocycles. The Hall–Kier alpha value is -2.70. The number of halogens is 2. The van der Waals surface area contributed by atoms with Crippen LogP contribution in [0, 0.1) is 5.82 Å². The Morgan fingerprint density at radius 3 is 2.57 bits per heavy atom. The van der Waals surface area contributed by atoms with Crippen molar-refractivity contribution in [2.75, 3.05) is 26.2 Å². The first-order valence-electron chi connectivity index (χ1n) is 9.07. The Morgan fingerprint density at radius 1 is 1.11 bits per heavy atom. The van der Waals surface area contributed by atoms with Crippen molar-refractivity contribution < 1.29 is 13.6 Å². The van der Waals surface area contributed by atoms with Crippen LogP contribution < -0.4 is 0 Å². The Bertz CT molecular complexity index is 969. The van der Waals surface area contributed by atoms with E-state index in [0.717, 1.165) is 17.4 Å². The van der Waals surface area contributed by atoms with E-state index in [1.54, 1.807) is 11.1 Å². The third-order valence-electron chi connectivity index (χ3n) is 4.79. The minimum Gasteiger partial charge on any atom is -0.439 e. The zero-order chi connectivity index (χ0) is 19.5. The molecule has 0 spiro atoms. The van der Waals surface area contributed by atoms with E-state index in [0.29, 0.717) is 44.2 Å². The first-order valence-corrected chi connectivity index (χ1v) is 9.45. The van der Waals surface area contributed by atoms with Crippen LogP contribution in [0.3, 0.4) is 0 Å². The lowest BCUT2D eigenvalue weighted by atomic mass is 10.1. The van der Waals surface area contributed by atoms with Crippen molar-refractivity contribution in [3.05, 3.63) is 77.0 Å². The molecule has 0 bridgehead atoms. The summed E-state index contributed by atoms with van der Waals surface area (Å²) in [6.07, 6.45) is 1.74. The summed E-state index contributed by atoms with van der Waals surface area (Å²) in [5.41, 5.74) is 1.32. The van der Waals surface area contributed by atoms with Crippen LogP contribution in [0.15, 0.2) is 59.1 Å². The van der Waals surface area contributed by atoms with E-state index >= 15 is 0 Å². The number of carbonyl (C=O) groups is 1. The highest BCUT2D eigenvalue weighted by molar-refractivity contribution is 6.33. The molecule has 2 aromatic carbocycles. The van der Waals surface area contributed by atoms with E-state index in [9.17, 15) is 9.18 Å². The van der Waals surface area contributed by atoms with E-state index in [4.69, 9.17) is 16.0 Å². The smallest absolute Gasteiger partial charge is 0.255 e. The first-order chi connectivity index (χ1) is 13.6. The molecule has 7 heteroatoms. The Kier molecular flexibility index (Phi) is 5.41. The fourth-order valence-corrected chi connectivity index (χ4v) is 3.50. The molecule has 0 N–H and O–H groups in total. The summed E-state index contributed by atoms with van der Waals surface area (Å²) >= 11 is 6.01. The maximum absolute atomic E-state index is 13.2. The van der Waals surface area contributed by atoms with Crippen molar-refractivity contribution in [2.45, 2.75) is 6.54 Å². The summed E-state index contributed by atoms with van der Waals surface area (Å²) in [5.74, 6) is 0.773. The van der Waals surface area contributed by atoms with Crippen molar-refractivity contribution in [3.63, 3.8) is 0 Å². The van der Waals surface area contributed by atoms with Gasteiger partial charge in [-0.15, -0.1) is 0 Å². The summed E-state index contributed by atoms with van der Waals surface area (Å²) in [6, 6.07) is 13.7. The SMILES string of the molecule is O=C(c1ccc(F)cc1Cl)N1CCN(Cc2ncc(-c3ccccc3)o2)CC1. The van der Waals surface area contributed by atoms with Crippen molar-refractivity contribution >= 4 is 17.5 Å². The number of benzene rings is 2. The zero-order valence-electron chi connectivity index (χ0n) is 15.1. The van der Waals surface area contributed by atoms with Gasteiger partial charge in [-0.05, 0) is 18.2 Å². The number of hydrogen-bond acceptors (Lipinski definition) is 4. The number of nitrogens with zero attached hydrogens (tertiary/aromatic N) is 3. The van der Waals surface area contributed by atoms with Crippen molar-refractivity contribution in [1.29, 1.82) is 0 Å². The molecule has 1 amide bonds. The van der Waals surface area contributed by atoms with Crippen LogP contribution in [0.2, 0.25) is 5.02 Å². The van der Waals surface area contributed by atoms with Gasteiger partial charge >= 0.3 is 0 Å². The van der Waals surface area contributed by atoms with Gasteiger partial charge in [-0.25, -0.2) is 9.37 Å². The molecule has 4 rings (SSSR count). The van der Waals surface area contributed by atoms with Crippen LogP contribution in [-0.2, 0) is 6.54 Å². The van der Waals surface area contributed by atoms with Crippen LogP contribution in [0.4, 0.5) is 4.39 Å². The molecule has 2 heterocycles. The van der Waals surface area contributed by atoms with Crippen molar-refractivity contribution in [1.82, 2.24) is 14.8 Å². The predicted molar refractivity (Wildman–Crippen MR) is 105 cm³/mol. The van der Waals surface area contributed by atoms with Crippen LogP contribution in [0.25, 0.3) is 11.3 Å². The zero-order valence-corrected chi connectivity index (χ0v) is 15.9. The second-order valence-corrected chi connectivity index (χ2v) is 7.08. The third kappa shape index (κ3) is 4.08. The van der Waals surface area contributed by atoms with E-state index in [-0.39, 0.29) is 10.9 Å². The predicted octanol–water partition coefficient (Wildman–Crippen LogP) is 4.09. The highest BCUT2D eigenvalue weighted by Gasteiger charge is 2.24. The lowest BCUT2D eigenvalue weighted by Gasteiger charge is -2.34. The molecule has 1 saturated heterocycles. The summed E-state index contributed by atoms with van der Waals surface area (Å²) < 4.78 is 19.0. The number of rotatable bonds is 4. The van der Waals surface area contributed by atoms with Crippen molar-refractivity contribution in [3.8, 4) is 11.3 Å². The average molecular weight is 400 g/mol. The van der Waals surface area contributed by atoms with Gasteiger partial charge in [0.1, 0.15) is 5.82 Å². The lowest BCUT2D eigenvalue weighted by molar-refractivity contribution is 0.0618. The maximum atomic E-state index is 13.2. The van der Waals surface area contributed by atoms with E-state index in [1.165, 1.54) is 12.1 Å². The van der Waals surface area contributed by atoms with Gasteiger partial charge in [-0.2, -0.15) is 0 Å². The van der Waals surface area contributed by atoms with Gasteiger partial charge in [0.2, 0.25) is 5.89 Å². The van der Waals surface area contributed by atoms with Crippen LogP contribution in [-0.4, -0.2) is 46.9 Å². The molecule has 0 saturated carbocycles. The summed E-state index contributed by atoms with van der Waals surface area (Å²) in [6.45, 7) is 3.13. The topological polar surface area (TPSA) is 49.6 Å². The highest BCUT2D eigenvalue weighted by atomic mass is 35.5. The Morgan fingerprint density at radius 2 is 1.86 bits per heavy atom. The molecule has 28 heavy (non-hydrogen) atoms. The number of aromatic nitrogens is 1. The molecule has 0 aliphatic carbocycles. The Labute approximate surface area is 167 Å². The van der Waals surface area contributed by atoms with Gasteiger partial charge < -0.3 is 9.32 Å². The number of amides is 1. The summed E-state index contributed by atoms with van der Waals surface area (Å²) in [7, 11) is 0. The molecule has 5 nitrogen and oxygen atoms in total. The normalized spacial score (nSPS) is 15.0. The molecular weight excluding hydrogens is 381 g/mol. The molecule has 1 fully saturated rings. The molecule has 1 aliphatic rings. The number of hydrogen-bond donors (Lipinski definition) is 0. The standard InChI is InChI=1S/C21H19ClFN3O2/c22-18-12-16(23)6-7-17(18)21(27)26-10-8-25(9-11-26)14-20-24-13-19(28-20)15-4-2-1-3-5-15/h1-7,12-13H,8-11,14H2. The molecule has 0 unspecified atom stereocenters. The number of carbonyl (C=O) groups excluding carboxylic acids is 1. The largest absolute Gasteiger partial charge is 0.439 e. The third-order valence-corrected chi connectivity index (χ3v) is 5.10. The van der Waals surface area contributed by atoms with E-state index in [1.807, 2.05) is 30.3 Å². The molecule has 144 valence electrons. The molecule has 0 radical (unpaired) electrons. The molecule has 1 aliphatic heterocycles. The molecular formula is C21H19ClFN3O2. The molecule has 3 aromatic rings. The first kappa shape index (κ1) is 18.7. The quantitative estimate of drug-likeness (QED) is 0.663. The fraction of sp³-hybridized carbons (Fsp3) is 0.238. The van der Waals surface area contributed by atoms with Gasteiger partial charge in [0.15, 0.2) is 5.76 Å². The minimum atomic E-state index is -0.452. The minimum absolute atomic E-state index is 0.139. The maximum Gasteiger partial charge on any atom is 0.255 e. The summed E-state index contributed by atoms with van der Waals surface area (Å²) in [5, 5.41) is 0.139. The van der Waals surface area contributed by atoms with E-state index in [2.05, 4.69) is 9.88 Å². The van der Waals surface area contributed by atoms with Gasteiger partial charge in [0.05, 0.1) is 23.3 Å². The lowest BCUT2D eigenvalue weighted by Crippen LogP contribution is -2.48. The highest BCUT2D eigenvalue weighted by Crippen LogP contribution is 2.22. The van der Waals surface area contributed by atoms with Gasteiger partial charge in [-0.1, -0.05) is 41.9 Å². The van der Waals surface area contributed by atoms with Gasteiger partial charge in [-0.3, -0.25) is 9.69 Å². The second kappa shape index (κ2) is 8.12. The second-order valence-electron chi connectivity index (χ2n) is 6.68. The van der Waals surface area contributed by atoms with Crippen LogP contribution in [0.5, 0.6) is 0 Å². The van der Waals surface area contributed by atoms with Gasteiger partial charge in [0, 0.05) is 31.7 Å². The number of piperazine rings is 1. The van der Waals surface area contributed by atoms with E-state index < -0.39 is 5.82 Å². The molecule has 0 atom stereocenters. The fourth-order valence-electron chi connectivity index (χ4n) is 3.25. The van der Waals surface area contributed by atoms with Crippen LogP contribution >= 0.6 is 11.6 Å². The summed E-state index contributed by atoms with van der Waals surface area (Å²) in [4.78, 5) is 20.9. The Balaban J connectivity index is 1.34. The van der Waals surface area contributed by atoms with Crippen LogP contribution in [0.1, 0.15) is 16.2 Å². The van der Waals surface area contributed by atoms with Crippen molar-refractivity contribution in [2.24, 2.45) is 0 Å². The average Bonchev–Trinajstić information content (AvgIpc) is 3.17. The van der Waals surface area contributed by atoms with Gasteiger partial charge in [0.25, 0.3) is 5.91 Å². The monoisotopic (exact) mass is 399 g/mol.